The van der Waals surface area contributed by atoms with Gasteiger partial charge in [0.25, 0.3) is 5.56 Å². The summed E-state index contributed by atoms with van der Waals surface area (Å²) in [6.45, 7) is -0.118. The van der Waals surface area contributed by atoms with E-state index < -0.39 is 18.1 Å². The maximum Gasteiger partial charge on any atom is 0.323 e. The average Bonchev–Trinajstić information content (AvgIpc) is 2.58. The number of hydrogen-bond acceptors (Lipinski definition) is 5. The Bertz CT molecular complexity index is 798. The normalized spacial score (nSPS) is 10.0. The molecule has 124 valence electrons. The van der Waals surface area contributed by atoms with Gasteiger partial charge in [-0.15, -0.1) is 0 Å². The number of benzene rings is 1. The fourth-order valence-electron chi connectivity index (χ4n) is 2.18. The van der Waals surface area contributed by atoms with Gasteiger partial charge in [0, 0.05) is 23.9 Å². The second kappa shape index (κ2) is 8.35. The largest absolute Gasteiger partial charge is 0.480 e. The molecule has 2 aromatic rings. The standard InChI is InChI=1S/C15H16N6O3/c16-19-18-11-21(8-6-12-4-2-1-3-5-12)14-15(24)20(9-7-17-14)10-13(22)23/h1-5,7,9H,6,8,10-11H2,(H,22,23). The molecular formula is C15H16N6O3. The van der Waals surface area contributed by atoms with Crippen molar-refractivity contribution in [2.75, 3.05) is 18.1 Å². The van der Waals surface area contributed by atoms with Gasteiger partial charge < -0.3 is 10.0 Å². The van der Waals surface area contributed by atoms with Crippen LogP contribution in [0.5, 0.6) is 0 Å². The Morgan fingerprint density at radius 1 is 1.38 bits per heavy atom. The minimum Gasteiger partial charge on any atom is -0.480 e. The minimum atomic E-state index is -1.12. The first-order valence-electron chi connectivity index (χ1n) is 7.19. The number of nitrogens with zero attached hydrogens (tertiary/aromatic N) is 6. The number of hydrogen-bond donors (Lipinski definition) is 1. The quantitative estimate of drug-likeness (QED) is 0.448. The average molecular weight is 328 g/mol. The fraction of sp³-hybridized carbons (Fsp3) is 0.267. The Morgan fingerprint density at radius 2 is 2.12 bits per heavy atom. The monoisotopic (exact) mass is 328 g/mol. The van der Waals surface area contributed by atoms with Gasteiger partial charge in [-0.25, -0.2) is 4.98 Å². The molecule has 2 rings (SSSR count). The summed E-state index contributed by atoms with van der Waals surface area (Å²) in [5.74, 6) is -1.07. The number of carboxylic acid groups (broad SMARTS) is 1. The van der Waals surface area contributed by atoms with E-state index in [1.807, 2.05) is 30.3 Å². The summed E-state index contributed by atoms with van der Waals surface area (Å²) >= 11 is 0. The van der Waals surface area contributed by atoms with Crippen molar-refractivity contribution in [3.05, 3.63) is 69.1 Å². The summed E-state index contributed by atoms with van der Waals surface area (Å²) in [5, 5.41) is 12.3. The molecule has 0 saturated carbocycles. The van der Waals surface area contributed by atoms with Crippen molar-refractivity contribution >= 4 is 11.8 Å². The molecule has 1 aromatic carbocycles. The molecule has 0 spiro atoms. The van der Waals surface area contributed by atoms with Gasteiger partial charge in [0.2, 0.25) is 0 Å². The highest BCUT2D eigenvalue weighted by molar-refractivity contribution is 5.66. The number of carbonyl (C=O) groups is 1. The van der Waals surface area contributed by atoms with E-state index in [1.165, 1.54) is 17.3 Å². The third-order valence-corrected chi connectivity index (χ3v) is 3.31. The van der Waals surface area contributed by atoms with E-state index >= 15 is 0 Å². The molecule has 0 atom stereocenters. The summed E-state index contributed by atoms with van der Waals surface area (Å²) < 4.78 is 1.05. The molecule has 0 unspecified atom stereocenters. The van der Waals surface area contributed by atoms with Gasteiger partial charge >= 0.3 is 5.97 Å². The van der Waals surface area contributed by atoms with E-state index in [2.05, 4.69) is 15.0 Å². The Labute approximate surface area is 137 Å². The van der Waals surface area contributed by atoms with Crippen LogP contribution in [0.25, 0.3) is 10.4 Å². The molecule has 0 radical (unpaired) electrons. The van der Waals surface area contributed by atoms with Crippen LogP contribution < -0.4 is 10.5 Å². The van der Waals surface area contributed by atoms with Gasteiger partial charge in [0.05, 0.1) is 6.67 Å². The van der Waals surface area contributed by atoms with Crippen LogP contribution in [0.4, 0.5) is 5.82 Å². The topological polar surface area (TPSA) is 124 Å². The lowest BCUT2D eigenvalue weighted by Crippen LogP contribution is -2.35. The molecule has 0 amide bonds. The summed E-state index contributed by atoms with van der Waals surface area (Å²) in [4.78, 5) is 31.5. The van der Waals surface area contributed by atoms with E-state index in [4.69, 9.17) is 10.6 Å². The maximum absolute atomic E-state index is 12.4. The van der Waals surface area contributed by atoms with Gasteiger partial charge in [0.1, 0.15) is 6.54 Å². The van der Waals surface area contributed by atoms with Crippen LogP contribution in [-0.4, -0.2) is 33.8 Å². The molecule has 0 fully saturated rings. The molecule has 0 aliphatic rings. The zero-order chi connectivity index (χ0) is 17.4. The van der Waals surface area contributed by atoms with Crippen molar-refractivity contribution in [1.82, 2.24) is 9.55 Å². The molecule has 1 heterocycles. The Kier molecular flexibility index (Phi) is 5.93. The van der Waals surface area contributed by atoms with Gasteiger partial charge in [0.15, 0.2) is 5.82 Å². The number of rotatable bonds is 8. The second-order valence-electron chi connectivity index (χ2n) is 4.95. The van der Waals surface area contributed by atoms with Crippen molar-refractivity contribution in [2.24, 2.45) is 5.11 Å². The number of azide groups is 1. The summed E-state index contributed by atoms with van der Waals surface area (Å²) in [6.07, 6.45) is 3.28. The first kappa shape index (κ1) is 17.0. The van der Waals surface area contributed by atoms with Crippen LogP contribution in [0.2, 0.25) is 0 Å². The predicted octanol–water partition coefficient (Wildman–Crippen LogP) is 1.64. The summed E-state index contributed by atoms with van der Waals surface area (Å²) in [6, 6.07) is 9.63. The highest BCUT2D eigenvalue weighted by Crippen LogP contribution is 2.07. The van der Waals surface area contributed by atoms with Gasteiger partial charge in [-0.3, -0.25) is 14.2 Å². The number of aliphatic carboxylic acids is 1. The first-order valence-corrected chi connectivity index (χ1v) is 7.19. The maximum atomic E-state index is 12.4. The van der Waals surface area contributed by atoms with E-state index in [-0.39, 0.29) is 12.5 Å². The molecule has 0 aliphatic carbocycles. The highest BCUT2D eigenvalue weighted by Gasteiger charge is 2.14. The van der Waals surface area contributed by atoms with Crippen LogP contribution in [0, 0.1) is 0 Å². The Morgan fingerprint density at radius 3 is 2.79 bits per heavy atom. The Balaban J connectivity index is 2.25. The number of carboxylic acids is 1. The van der Waals surface area contributed by atoms with Crippen molar-refractivity contribution in [3.63, 3.8) is 0 Å². The van der Waals surface area contributed by atoms with Crippen molar-refractivity contribution in [1.29, 1.82) is 0 Å². The molecule has 1 aromatic heterocycles. The number of aromatic nitrogens is 2. The third-order valence-electron chi connectivity index (χ3n) is 3.31. The molecule has 9 nitrogen and oxygen atoms in total. The summed E-state index contributed by atoms with van der Waals surface area (Å²) in [7, 11) is 0. The zero-order valence-electron chi connectivity index (χ0n) is 12.8. The molecule has 9 heteroatoms. The minimum absolute atomic E-state index is 0.0575. The highest BCUT2D eigenvalue weighted by atomic mass is 16.4. The van der Waals surface area contributed by atoms with Crippen molar-refractivity contribution in [3.8, 4) is 0 Å². The lowest BCUT2D eigenvalue weighted by Gasteiger charge is -2.21. The van der Waals surface area contributed by atoms with Crippen LogP contribution in [0.1, 0.15) is 5.56 Å². The van der Waals surface area contributed by atoms with Crippen molar-refractivity contribution in [2.45, 2.75) is 13.0 Å². The SMILES string of the molecule is [N-]=[N+]=NCN(CCc1ccccc1)c1nccn(CC(=O)O)c1=O. The van der Waals surface area contributed by atoms with Crippen LogP contribution in [-0.2, 0) is 17.8 Å². The fourth-order valence-corrected chi connectivity index (χ4v) is 2.18. The number of anilines is 1. The molecule has 1 N–H and O–H groups in total. The van der Waals surface area contributed by atoms with E-state index in [0.29, 0.717) is 13.0 Å². The zero-order valence-corrected chi connectivity index (χ0v) is 12.8. The van der Waals surface area contributed by atoms with Gasteiger partial charge in [-0.2, -0.15) is 0 Å². The van der Waals surface area contributed by atoms with Gasteiger partial charge in [-0.05, 0) is 17.5 Å². The lowest BCUT2D eigenvalue weighted by atomic mass is 10.1. The summed E-state index contributed by atoms with van der Waals surface area (Å²) in [5.41, 5.74) is 9.06. The van der Waals surface area contributed by atoms with Crippen LogP contribution in [0.3, 0.4) is 0 Å². The van der Waals surface area contributed by atoms with E-state index in [9.17, 15) is 9.59 Å². The molecule has 0 bridgehead atoms. The first-order chi connectivity index (χ1) is 11.6. The van der Waals surface area contributed by atoms with Crippen molar-refractivity contribution < 1.29 is 9.90 Å². The van der Waals surface area contributed by atoms with Crippen LogP contribution in [0.15, 0.2) is 52.6 Å². The van der Waals surface area contributed by atoms with Gasteiger partial charge in [-0.1, -0.05) is 35.4 Å². The molecule has 24 heavy (non-hydrogen) atoms. The van der Waals surface area contributed by atoms with E-state index in [0.717, 1.165) is 10.1 Å². The third kappa shape index (κ3) is 4.59. The lowest BCUT2D eigenvalue weighted by molar-refractivity contribution is -0.137. The predicted molar refractivity (Wildman–Crippen MR) is 87.6 cm³/mol. The van der Waals surface area contributed by atoms with E-state index in [1.54, 1.807) is 0 Å². The molecule has 0 saturated heterocycles. The Hall–Kier alpha value is -3.32. The molecule has 0 aliphatic heterocycles. The second-order valence-corrected chi connectivity index (χ2v) is 4.95. The molecular weight excluding hydrogens is 312 g/mol. The van der Waals surface area contributed by atoms with Crippen LogP contribution >= 0.6 is 0 Å². The smallest absolute Gasteiger partial charge is 0.323 e.